The number of carbonyl (C=O) groups is 1. The van der Waals surface area contributed by atoms with Gasteiger partial charge in [0.2, 0.25) is 0 Å². The predicted octanol–water partition coefficient (Wildman–Crippen LogP) is 5.14. The number of hydrogen-bond donors (Lipinski definition) is 2. The van der Waals surface area contributed by atoms with E-state index in [0.29, 0.717) is 0 Å². The molecule has 216 valence electrons. The van der Waals surface area contributed by atoms with Crippen molar-refractivity contribution in [2.45, 2.75) is 47.5 Å². The molecule has 0 atom stereocenters. The third kappa shape index (κ3) is 5.69. The third-order valence-corrected chi connectivity index (χ3v) is 6.40. The van der Waals surface area contributed by atoms with Crippen molar-refractivity contribution in [1.82, 2.24) is 19.7 Å². The minimum absolute atomic E-state index is 0.0144. The maximum absolute atomic E-state index is 14.5. The van der Waals surface area contributed by atoms with Crippen LogP contribution >= 0.6 is 11.8 Å². The standard InChI is InChI=1S/C21H16F8N6O4S/c1-18(2,8-36)34-9-31-33-17(34)40-14-4-3-11(35(38)39)6-12(14)16(37)32-15-13(22)5-10(7-30-15)19(23,24)20(25,26)21(27,28)29/h3-7,9,36H,8H2,1-2H3,(H,30,32,37). The van der Waals surface area contributed by atoms with Crippen molar-refractivity contribution in [2.24, 2.45) is 0 Å². The Balaban J connectivity index is 1.98. The summed E-state index contributed by atoms with van der Waals surface area (Å²) in [4.78, 5) is 26.4. The monoisotopic (exact) mass is 600 g/mol. The third-order valence-electron chi connectivity index (χ3n) is 5.36. The van der Waals surface area contributed by atoms with Crippen LogP contribution in [-0.2, 0) is 11.5 Å². The summed E-state index contributed by atoms with van der Waals surface area (Å²) in [6, 6.07) is 2.58. The molecule has 0 fully saturated rings. The number of non-ortho nitro benzene ring substituents is 1. The fourth-order valence-electron chi connectivity index (χ4n) is 3.02. The van der Waals surface area contributed by atoms with Gasteiger partial charge in [0.25, 0.3) is 11.6 Å². The van der Waals surface area contributed by atoms with Crippen LogP contribution < -0.4 is 5.32 Å². The number of aliphatic hydroxyl groups excluding tert-OH is 1. The molecule has 2 heterocycles. The molecule has 40 heavy (non-hydrogen) atoms. The van der Waals surface area contributed by atoms with Crippen LogP contribution in [0.25, 0.3) is 0 Å². The first kappa shape index (κ1) is 30.7. The summed E-state index contributed by atoms with van der Waals surface area (Å²) >= 11 is 0.756. The van der Waals surface area contributed by atoms with Crippen LogP contribution in [0.3, 0.4) is 0 Å². The van der Waals surface area contributed by atoms with Crippen molar-refractivity contribution in [1.29, 1.82) is 0 Å². The lowest BCUT2D eigenvalue weighted by Crippen LogP contribution is -2.50. The largest absolute Gasteiger partial charge is 0.460 e. The number of nitrogens with zero attached hydrogens (tertiary/aromatic N) is 5. The zero-order valence-electron chi connectivity index (χ0n) is 20.0. The Hall–Kier alpha value is -3.87. The molecule has 0 aliphatic heterocycles. The molecule has 0 saturated heterocycles. The van der Waals surface area contributed by atoms with Gasteiger partial charge in [-0.1, -0.05) is 0 Å². The second-order valence-electron chi connectivity index (χ2n) is 8.65. The Morgan fingerprint density at radius 1 is 1.15 bits per heavy atom. The van der Waals surface area contributed by atoms with Gasteiger partial charge >= 0.3 is 18.0 Å². The molecule has 19 heteroatoms. The fraction of sp³-hybridized carbons (Fsp3) is 0.333. The Bertz CT molecular complexity index is 1450. The summed E-state index contributed by atoms with van der Waals surface area (Å²) < 4.78 is 108. The van der Waals surface area contributed by atoms with E-state index in [2.05, 4.69) is 15.2 Å². The normalized spacial score (nSPS) is 12.9. The summed E-state index contributed by atoms with van der Waals surface area (Å²) in [6.07, 6.45) is -5.59. The Morgan fingerprint density at radius 3 is 2.35 bits per heavy atom. The number of nitro groups is 1. The average molecular weight is 600 g/mol. The van der Waals surface area contributed by atoms with E-state index in [4.69, 9.17) is 0 Å². The van der Waals surface area contributed by atoms with E-state index >= 15 is 0 Å². The van der Waals surface area contributed by atoms with Crippen LogP contribution in [0.1, 0.15) is 29.8 Å². The van der Waals surface area contributed by atoms with E-state index in [1.54, 1.807) is 13.8 Å². The highest BCUT2D eigenvalue weighted by atomic mass is 32.2. The first-order chi connectivity index (χ1) is 18.3. The highest BCUT2D eigenvalue weighted by molar-refractivity contribution is 7.99. The molecule has 0 saturated carbocycles. The van der Waals surface area contributed by atoms with E-state index in [1.807, 2.05) is 5.32 Å². The lowest BCUT2D eigenvalue weighted by atomic mass is 10.0. The number of aromatic nitrogens is 4. The van der Waals surface area contributed by atoms with Crippen LogP contribution in [0.15, 0.2) is 46.8 Å². The van der Waals surface area contributed by atoms with Crippen molar-refractivity contribution in [3.8, 4) is 0 Å². The van der Waals surface area contributed by atoms with Gasteiger partial charge in [0, 0.05) is 28.8 Å². The van der Waals surface area contributed by atoms with Crippen LogP contribution in [-0.4, -0.2) is 54.4 Å². The molecule has 2 N–H and O–H groups in total. The summed E-state index contributed by atoms with van der Waals surface area (Å²) in [6.45, 7) is 2.88. The van der Waals surface area contributed by atoms with Gasteiger partial charge in [-0.2, -0.15) is 30.7 Å². The lowest BCUT2D eigenvalue weighted by molar-refractivity contribution is -0.384. The second-order valence-corrected chi connectivity index (χ2v) is 9.66. The van der Waals surface area contributed by atoms with Crippen LogP contribution in [0.2, 0.25) is 0 Å². The number of anilines is 1. The molecule has 1 aromatic carbocycles. The molecule has 0 unspecified atom stereocenters. The Morgan fingerprint density at radius 2 is 1.80 bits per heavy atom. The zero-order chi connectivity index (χ0) is 30.3. The van der Waals surface area contributed by atoms with Gasteiger partial charge < -0.3 is 15.0 Å². The molecule has 0 aliphatic rings. The van der Waals surface area contributed by atoms with Crippen LogP contribution in [0.4, 0.5) is 46.6 Å². The molecule has 3 rings (SSSR count). The number of carbonyl (C=O) groups excluding carboxylic acids is 1. The zero-order valence-corrected chi connectivity index (χ0v) is 20.8. The van der Waals surface area contributed by atoms with Crippen molar-refractivity contribution in [3.05, 3.63) is 63.8 Å². The molecule has 3 aromatic rings. The number of rotatable bonds is 9. The molecule has 0 spiro atoms. The number of nitrogens with one attached hydrogen (secondary N) is 1. The van der Waals surface area contributed by atoms with Crippen LogP contribution in [0, 0.1) is 15.9 Å². The van der Waals surface area contributed by atoms with Gasteiger partial charge in [0.05, 0.1) is 22.6 Å². The van der Waals surface area contributed by atoms with Gasteiger partial charge in [0.15, 0.2) is 16.8 Å². The summed E-state index contributed by atoms with van der Waals surface area (Å²) in [5.41, 5.74) is -4.11. The summed E-state index contributed by atoms with van der Waals surface area (Å²) in [5, 5.41) is 30.4. The molecule has 0 aliphatic carbocycles. The van der Waals surface area contributed by atoms with Gasteiger partial charge in [-0.3, -0.25) is 14.9 Å². The van der Waals surface area contributed by atoms with E-state index < -0.39 is 62.8 Å². The first-order valence-electron chi connectivity index (χ1n) is 10.6. The Labute approximate surface area is 222 Å². The van der Waals surface area contributed by atoms with Crippen LogP contribution in [0.5, 0.6) is 0 Å². The topological polar surface area (TPSA) is 136 Å². The number of hydrogen-bond acceptors (Lipinski definition) is 8. The van der Waals surface area contributed by atoms with Gasteiger partial charge in [-0.25, -0.2) is 9.37 Å². The fourth-order valence-corrected chi connectivity index (χ4v) is 4.09. The number of nitro benzene ring substituents is 1. The maximum Gasteiger partial charge on any atom is 0.460 e. The smallest absolute Gasteiger partial charge is 0.394 e. The second kappa shape index (κ2) is 10.6. The molecule has 0 radical (unpaired) electrons. The van der Waals surface area contributed by atoms with E-state index in [0.717, 1.165) is 30.0 Å². The van der Waals surface area contributed by atoms with E-state index in [-0.39, 0.29) is 28.9 Å². The van der Waals surface area contributed by atoms with Gasteiger partial charge in [-0.05, 0) is 37.7 Å². The Kier molecular flexibility index (Phi) is 8.13. The van der Waals surface area contributed by atoms with Crippen molar-refractivity contribution in [2.75, 3.05) is 11.9 Å². The molecular formula is C21H16F8N6O4S. The first-order valence-corrected chi connectivity index (χ1v) is 11.4. The number of amides is 1. The maximum atomic E-state index is 14.5. The van der Waals surface area contributed by atoms with Gasteiger partial charge in [-0.15, -0.1) is 10.2 Å². The SMILES string of the molecule is CC(C)(CO)n1cnnc1Sc1ccc([N+](=O)[O-])cc1C(=O)Nc1ncc(C(F)(F)C(F)(F)C(F)(F)F)cc1F. The molecule has 2 aromatic heterocycles. The molecular weight excluding hydrogens is 584 g/mol. The lowest BCUT2D eigenvalue weighted by Gasteiger charge is -2.28. The number of aliphatic hydroxyl groups is 1. The molecule has 10 nitrogen and oxygen atoms in total. The van der Waals surface area contributed by atoms with Gasteiger partial charge in [0.1, 0.15) is 6.33 Å². The number of alkyl halides is 7. The summed E-state index contributed by atoms with van der Waals surface area (Å²) in [7, 11) is 0. The minimum atomic E-state index is -6.67. The molecule has 0 bridgehead atoms. The van der Waals surface area contributed by atoms with Crippen molar-refractivity contribution in [3.63, 3.8) is 0 Å². The van der Waals surface area contributed by atoms with E-state index in [9.17, 15) is 55.1 Å². The quantitative estimate of drug-likeness (QED) is 0.196. The van der Waals surface area contributed by atoms with Crippen molar-refractivity contribution < 1.29 is 49.9 Å². The number of pyridine rings is 1. The van der Waals surface area contributed by atoms with Crippen molar-refractivity contribution >= 4 is 29.2 Å². The highest BCUT2D eigenvalue weighted by Gasteiger charge is 2.73. The average Bonchev–Trinajstić information content (AvgIpc) is 3.33. The predicted molar refractivity (Wildman–Crippen MR) is 121 cm³/mol. The number of halogens is 8. The van der Waals surface area contributed by atoms with E-state index in [1.165, 1.54) is 10.9 Å². The molecule has 1 amide bonds. The summed E-state index contributed by atoms with van der Waals surface area (Å²) in [5.74, 6) is -16.8. The minimum Gasteiger partial charge on any atom is -0.394 e. The number of benzene rings is 1. The highest BCUT2D eigenvalue weighted by Crippen LogP contribution is 2.51.